The van der Waals surface area contributed by atoms with Crippen molar-refractivity contribution < 1.29 is 55.9 Å². The summed E-state index contributed by atoms with van der Waals surface area (Å²) < 4.78 is 59.4. The predicted molar refractivity (Wildman–Crippen MR) is 125 cm³/mol. The highest BCUT2D eigenvalue weighted by atomic mass is 31.3. The molecule has 2 unspecified atom stereocenters. The Balaban J connectivity index is 1.83. The van der Waals surface area contributed by atoms with Crippen LogP contribution in [-0.4, -0.2) is 66.2 Å². The molecule has 0 spiro atoms. The number of phosphoric acid groups is 3. The number of nitrogen functional groups attached to an aromatic ring is 1. The molecule has 3 heterocycles. The zero-order chi connectivity index (χ0) is 28.1. The van der Waals surface area contributed by atoms with Crippen molar-refractivity contribution in [3.8, 4) is 11.8 Å². The molecule has 5 atom stereocenters. The Labute approximate surface area is 212 Å². The highest BCUT2D eigenvalue weighted by Crippen LogP contribution is 2.66. The van der Waals surface area contributed by atoms with Crippen molar-refractivity contribution in [2.24, 2.45) is 10.8 Å². The van der Waals surface area contributed by atoms with E-state index in [2.05, 4.69) is 45.0 Å². The Morgan fingerprint density at radius 1 is 1.24 bits per heavy atom. The molecule has 0 bridgehead atoms. The van der Waals surface area contributed by atoms with Crippen molar-refractivity contribution in [3.05, 3.63) is 28.5 Å². The van der Waals surface area contributed by atoms with Crippen LogP contribution in [0.1, 0.15) is 18.2 Å². The molecule has 1 aliphatic rings. The van der Waals surface area contributed by atoms with Gasteiger partial charge in [0.2, 0.25) is 0 Å². The fourth-order valence-corrected chi connectivity index (χ4v) is 6.42. The summed E-state index contributed by atoms with van der Waals surface area (Å²) in [4.78, 5) is 47.1. The van der Waals surface area contributed by atoms with Crippen LogP contribution in [0.5, 0.6) is 0 Å². The fraction of sp³-hybridized carbons (Fsp3) is 0.467. The maximum Gasteiger partial charge on any atom is 0.490 e. The molecule has 23 heteroatoms. The molecule has 0 aromatic carbocycles. The number of ether oxygens (including phenoxy) is 2. The van der Waals surface area contributed by atoms with Crippen LogP contribution < -0.4 is 11.5 Å². The molecule has 1 aliphatic heterocycles. The summed E-state index contributed by atoms with van der Waals surface area (Å²) in [6, 6.07) is 0. The normalized spacial score (nSPS) is 22.7. The van der Waals surface area contributed by atoms with Gasteiger partial charge in [0, 0.05) is 17.5 Å². The minimum atomic E-state index is -5.71. The molecule has 0 saturated carbocycles. The zero-order valence-electron chi connectivity index (χ0n) is 18.9. The van der Waals surface area contributed by atoms with Gasteiger partial charge in [-0.05, 0) is 5.53 Å². The number of fused-ring (bicyclic) bond motifs is 1. The number of anilines is 1. The van der Waals surface area contributed by atoms with Gasteiger partial charge in [-0.25, -0.2) is 23.7 Å². The average molecular weight is 598 g/mol. The van der Waals surface area contributed by atoms with Gasteiger partial charge in [0.15, 0.2) is 0 Å². The number of phosphoric ester groups is 1. The van der Waals surface area contributed by atoms with E-state index in [1.807, 2.05) is 0 Å². The Morgan fingerprint density at radius 3 is 2.63 bits per heavy atom. The van der Waals surface area contributed by atoms with Crippen LogP contribution in [0.3, 0.4) is 0 Å². The van der Waals surface area contributed by atoms with Crippen LogP contribution in [0.4, 0.5) is 5.82 Å². The van der Waals surface area contributed by atoms with Crippen LogP contribution in [-0.2, 0) is 36.3 Å². The summed E-state index contributed by atoms with van der Waals surface area (Å²) in [5, 5.41) is 3.67. The quantitative estimate of drug-likeness (QED) is 0.0678. The molecule has 0 aliphatic carbocycles. The van der Waals surface area contributed by atoms with E-state index in [-0.39, 0.29) is 18.8 Å². The molecule has 2 aromatic heterocycles. The molecule has 1 saturated heterocycles. The van der Waals surface area contributed by atoms with Crippen molar-refractivity contribution >= 4 is 40.3 Å². The number of azide groups is 1. The fourth-order valence-electron chi connectivity index (χ4n) is 3.39. The summed E-state index contributed by atoms with van der Waals surface area (Å²) in [5.41, 5.74) is 20.7. The first kappa shape index (κ1) is 30.1. The predicted octanol–water partition coefficient (Wildman–Crippen LogP) is 0.607. The molecular weight excluding hydrogens is 577 g/mol. The minimum Gasteiger partial charge on any atom is -0.383 e. The smallest absolute Gasteiger partial charge is 0.383 e. The lowest BCUT2D eigenvalue weighted by Gasteiger charge is -2.21. The third-order valence-corrected chi connectivity index (χ3v) is 8.48. The number of rotatable bonds is 11. The van der Waals surface area contributed by atoms with Crippen molar-refractivity contribution in [3.63, 3.8) is 0 Å². The van der Waals surface area contributed by atoms with Gasteiger partial charge in [-0.2, -0.15) is 8.62 Å². The molecule has 0 radical (unpaired) electrons. The van der Waals surface area contributed by atoms with Gasteiger partial charge in [0.1, 0.15) is 36.9 Å². The zero-order valence-corrected chi connectivity index (χ0v) is 21.6. The van der Waals surface area contributed by atoms with Gasteiger partial charge in [-0.15, -0.1) is 0 Å². The summed E-state index contributed by atoms with van der Waals surface area (Å²) in [6.45, 7) is -1.17. The van der Waals surface area contributed by atoms with Gasteiger partial charge < -0.3 is 45.1 Å². The van der Waals surface area contributed by atoms with Crippen LogP contribution in [0.25, 0.3) is 21.5 Å². The maximum atomic E-state index is 12.1. The van der Waals surface area contributed by atoms with Crippen LogP contribution in [0, 0.1) is 11.8 Å². The first-order valence-electron chi connectivity index (χ1n) is 10.1. The van der Waals surface area contributed by atoms with Crippen LogP contribution in [0.15, 0.2) is 17.6 Å². The van der Waals surface area contributed by atoms with Crippen molar-refractivity contribution in [2.45, 2.75) is 24.9 Å². The first-order chi connectivity index (χ1) is 17.8. The topological polar surface area (TPSA) is 310 Å². The summed E-state index contributed by atoms with van der Waals surface area (Å²) in [5.74, 6) is 5.68. The first-order valence-corrected chi connectivity index (χ1v) is 14.6. The Kier molecular flexibility index (Phi) is 9.66. The average Bonchev–Trinajstić information content (AvgIpc) is 3.36. The molecule has 0 amide bonds. The van der Waals surface area contributed by atoms with Crippen molar-refractivity contribution in [1.82, 2.24) is 14.5 Å². The molecule has 20 nitrogen and oxygen atoms in total. The Hall–Kier alpha value is -2.42. The largest absolute Gasteiger partial charge is 0.490 e. The van der Waals surface area contributed by atoms with Gasteiger partial charge >= 0.3 is 23.5 Å². The van der Waals surface area contributed by atoms with E-state index < -0.39 is 55.2 Å². The second kappa shape index (κ2) is 12.2. The molecular formula is C15H21N8O12P3. The maximum absolute atomic E-state index is 12.1. The second-order valence-corrected chi connectivity index (χ2v) is 11.7. The summed E-state index contributed by atoms with van der Waals surface area (Å²) >= 11 is 0. The van der Waals surface area contributed by atoms with Crippen molar-refractivity contribution in [1.29, 1.82) is 0 Å². The molecule has 208 valence electrons. The number of nitrogens with two attached hydrogens (primary N) is 2. The van der Waals surface area contributed by atoms with Crippen molar-refractivity contribution in [2.75, 3.05) is 25.6 Å². The highest BCUT2D eigenvalue weighted by Gasteiger charge is 2.43. The van der Waals surface area contributed by atoms with E-state index in [9.17, 15) is 23.5 Å². The Bertz CT molecular complexity index is 1430. The van der Waals surface area contributed by atoms with Gasteiger partial charge in [0.25, 0.3) is 0 Å². The molecule has 3 rings (SSSR count). The van der Waals surface area contributed by atoms with E-state index in [0.717, 1.165) is 0 Å². The third-order valence-electron chi connectivity index (χ3n) is 4.68. The Morgan fingerprint density at radius 2 is 1.97 bits per heavy atom. The van der Waals surface area contributed by atoms with Gasteiger partial charge in [-0.1, -0.05) is 17.0 Å². The molecule has 1 fully saturated rings. The van der Waals surface area contributed by atoms with E-state index >= 15 is 0 Å². The SMILES string of the molecule is [N-]=[N+]=NCO[C@H]1C[C@H](n2cc(C#CCN)c3c(N)ncnc32)O[C@@H]1COP(=O)(O)OP(=O)(O)OP(=O)(O)O. The highest BCUT2D eigenvalue weighted by molar-refractivity contribution is 7.66. The lowest BCUT2D eigenvalue weighted by molar-refractivity contribution is -0.0581. The van der Waals surface area contributed by atoms with E-state index in [4.69, 9.17) is 36.3 Å². The lowest BCUT2D eigenvalue weighted by atomic mass is 10.2. The monoisotopic (exact) mass is 598 g/mol. The summed E-state index contributed by atoms with van der Waals surface area (Å²) in [7, 11) is -16.7. The molecule has 38 heavy (non-hydrogen) atoms. The number of hydrogen-bond acceptors (Lipinski definition) is 13. The third kappa shape index (κ3) is 8.04. The van der Waals surface area contributed by atoms with E-state index in [1.165, 1.54) is 6.33 Å². The lowest BCUT2D eigenvalue weighted by Crippen LogP contribution is -2.29. The minimum absolute atomic E-state index is 0.0584. The molecule has 2 aromatic rings. The number of hydrogen-bond donors (Lipinski definition) is 6. The second-order valence-electron chi connectivity index (χ2n) is 7.23. The summed E-state index contributed by atoms with van der Waals surface area (Å²) in [6.07, 6.45) is -0.0972. The van der Waals surface area contributed by atoms with Crippen LogP contribution in [0.2, 0.25) is 0 Å². The number of aromatic nitrogens is 3. The van der Waals surface area contributed by atoms with Gasteiger partial charge in [0.05, 0.1) is 30.2 Å². The van der Waals surface area contributed by atoms with Gasteiger partial charge in [-0.3, -0.25) is 4.52 Å². The van der Waals surface area contributed by atoms with E-state index in [0.29, 0.717) is 16.6 Å². The standard InChI is InChI=1S/C15H21N8O12P3/c16-3-1-2-9-5-23(15-13(9)14(17)19-7-20-15)12-4-10(31-8-21-22-18)11(33-12)6-32-37(27,28)35-38(29,30)34-36(24,25)26/h5,7,10-12H,3-4,6,8,16H2,(H,27,28)(H,29,30)(H2,17,19,20)(H2,24,25,26)/t10-,11+,12+/m0/s1. The number of nitrogens with zero attached hydrogens (tertiary/aromatic N) is 6. The van der Waals surface area contributed by atoms with E-state index in [1.54, 1.807) is 10.8 Å². The molecule has 8 N–H and O–H groups in total. The van der Waals surface area contributed by atoms with Crippen LogP contribution >= 0.6 is 23.5 Å².